The molecule has 1 saturated heterocycles. The predicted molar refractivity (Wildman–Crippen MR) is 120 cm³/mol. The van der Waals surface area contributed by atoms with Gasteiger partial charge >= 0.3 is 0 Å². The maximum atomic E-state index is 12.7. The number of amides is 2. The SMILES string of the molecule is CCn1c(=C(C#N)C(=O)NCCCN2CCCC2=O)sc(=CNc2ccccc2)c1=O. The molecule has 0 spiro atoms. The van der Waals surface area contributed by atoms with E-state index in [2.05, 4.69) is 10.6 Å². The summed E-state index contributed by atoms with van der Waals surface area (Å²) in [6.45, 7) is 3.84. The van der Waals surface area contributed by atoms with Gasteiger partial charge in [0.2, 0.25) is 5.91 Å². The minimum Gasteiger partial charge on any atom is -0.360 e. The zero-order chi connectivity index (χ0) is 22.2. The van der Waals surface area contributed by atoms with Crippen LogP contribution in [0.1, 0.15) is 26.2 Å². The first-order chi connectivity index (χ1) is 15.0. The van der Waals surface area contributed by atoms with Crippen molar-refractivity contribution in [1.29, 1.82) is 5.26 Å². The molecule has 1 fully saturated rings. The lowest BCUT2D eigenvalue weighted by Gasteiger charge is -2.15. The van der Waals surface area contributed by atoms with Crippen LogP contribution in [-0.2, 0) is 16.1 Å². The number of nitrogens with one attached hydrogen (secondary N) is 2. The standard InChI is InChI=1S/C22H25N5O3S/c1-2-27-21(30)18(15-25-16-8-4-3-5-9-16)31-22(27)17(14-23)20(29)24-11-7-13-26-12-6-10-19(26)28/h3-5,8-9,15,25H,2,6-7,10-13H2,1H3,(H,24,29). The molecular formula is C22H25N5O3S. The predicted octanol–water partition coefficient (Wildman–Crippen LogP) is 0.583. The fourth-order valence-corrected chi connectivity index (χ4v) is 4.46. The van der Waals surface area contributed by atoms with Crippen LogP contribution in [0.2, 0.25) is 0 Å². The van der Waals surface area contributed by atoms with Gasteiger partial charge in [-0.25, -0.2) is 0 Å². The number of rotatable bonds is 8. The first-order valence-electron chi connectivity index (χ1n) is 10.3. The molecule has 0 aliphatic carbocycles. The molecule has 0 bridgehead atoms. The lowest BCUT2D eigenvalue weighted by Crippen LogP contribution is -2.35. The zero-order valence-corrected chi connectivity index (χ0v) is 18.2. The molecule has 2 amide bonds. The summed E-state index contributed by atoms with van der Waals surface area (Å²) in [5.74, 6) is -0.365. The Morgan fingerprint density at radius 3 is 2.71 bits per heavy atom. The van der Waals surface area contributed by atoms with Crippen molar-refractivity contribution in [3.8, 4) is 6.07 Å². The van der Waals surface area contributed by atoms with Crippen LogP contribution < -0.4 is 25.4 Å². The summed E-state index contributed by atoms with van der Waals surface area (Å²) >= 11 is 1.11. The molecule has 31 heavy (non-hydrogen) atoms. The average molecular weight is 440 g/mol. The van der Waals surface area contributed by atoms with Gasteiger partial charge in [-0.15, -0.1) is 11.3 Å². The quantitative estimate of drug-likeness (QED) is 0.585. The van der Waals surface area contributed by atoms with Crippen LogP contribution in [0.15, 0.2) is 35.1 Å². The number of hydrogen-bond donors (Lipinski definition) is 2. The fourth-order valence-electron chi connectivity index (χ4n) is 3.37. The summed E-state index contributed by atoms with van der Waals surface area (Å²) < 4.78 is 2.18. The second kappa shape index (κ2) is 10.6. The molecule has 0 radical (unpaired) electrons. The Labute approximate surface area is 184 Å². The van der Waals surface area contributed by atoms with Gasteiger partial charge in [0.1, 0.15) is 15.3 Å². The van der Waals surface area contributed by atoms with Crippen molar-refractivity contribution in [3.05, 3.63) is 49.9 Å². The summed E-state index contributed by atoms with van der Waals surface area (Å²) in [5.41, 5.74) is 0.498. The van der Waals surface area contributed by atoms with E-state index in [1.54, 1.807) is 18.0 Å². The summed E-state index contributed by atoms with van der Waals surface area (Å²) in [7, 11) is 0. The Kier molecular flexibility index (Phi) is 7.62. The smallest absolute Gasteiger partial charge is 0.270 e. The summed E-state index contributed by atoms with van der Waals surface area (Å²) in [4.78, 5) is 38.8. The third-order valence-corrected chi connectivity index (χ3v) is 6.11. The van der Waals surface area contributed by atoms with Gasteiger partial charge in [-0.1, -0.05) is 18.2 Å². The van der Waals surface area contributed by atoms with E-state index < -0.39 is 5.91 Å². The maximum absolute atomic E-state index is 12.7. The Bertz CT molecular complexity index is 1160. The van der Waals surface area contributed by atoms with Crippen LogP contribution in [-0.4, -0.2) is 40.9 Å². The molecule has 1 aromatic heterocycles. The summed E-state index contributed by atoms with van der Waals surface area (Å²) in [5, 5.41) is 15.4. The Balaban J connectivity index is 1.77. The second-order valence-corrected chi connectivity index (χ2v) is 8.09. The molecule has 0 saturated carbocycles. The highest BCUT2D eigenvalue weighted by Crippen LogP contribution is 2.09. The molecule has 1 aliphatic rings. The third-order valence-electron chi connectivity index (χ3n) is 4.98. The van der Waals surface area contributed by atoms with Gasteiger partial charge in [0.05, 0.1) is 0 Å². The van der Waals surface area contributed by atoms with Crippen molar-refractivity contribution >= 4 is 40.6 Å². The zero-order valence-electron chi connectivity index (χ0n) is 17.4. The van der Waals surface area contributed by atoms with Crippen molar-refractivity contribution in [2.75, 3.05) is 25.0 Å². The lowest BCUT2D eigenvalue weighted by molar-refractivity contribution is -0.127. The minimum atomic E-state index is -0.513. The van der Waals surface area contributed by atoms with Crippen molar-refractivity contribution in [1.82, 2.24) is 14.8 Å². The van der Waals surface area contributed by atoms with Crippen LogP contribution in [0.5, 0.6) is 0 Å². The Morgan fingerprint density at radius 1 is 1.29 bits per heavy atom. The van der Waals surface area contributed by atoms with E-state index in [0.717, 1.165) is 30.0 Å². The number of para-hydroxylation sites is 1. The highest BCUT2D eigenvalue weighted by atomic mass is 32.1. The number of carbonyl (C=O) groups excluding carboxylic acids is 2. The van der Waals surface area contributed by atoms with Gasteiger partial charge < -0.3 is 15.5 Å². The van der Waals surface area contributed by atoms with Crippen LogP contribution >= 0.6 is 11.3 Å². The number of aromatic nitrogens is 1. The van der Waals surface area contributed by atoms with Crippen molar-refractivity contribution in [2.24, 2.45) is 0 Å². The molecule has 8 nitrogen and oxygen atoms in total. The number of likely N-dealkylation sites (tertiary alicyclic amines) is 1. The summed E-state index contributed by atoms with van der Waals surface area (Å²) in [6, 6.07) is 11.4. The Hall–Kier alpha value is -3.38. The van der Waals surface area contributed by atoms with Crippen LogP contribution in [0, 0.1) is 11.3 Å². The molecule has 162 valence electrons. The monoisotopic (exact) mass is 439 g/mol. The number of hydrogen-bond acceptors (Lipinski definition) is 6. The molecule has 0 unspecified atom stereocenters. The average Bonchev–Trinajstić information content (AvgIpc) is 3.33. The van der Waals surface area contributed by atoms with Gasteiger partial charge in [0, 0.05) is 44.5 Å². The first kappa shape index (κ1) is 22.3. The molecule has 2 heterocycles. The molecular weight excluding hydrogens is 414 g/mol. The highest BCUT2D eigenvalue weighted by Gasteiger charge is 2.19. The summed E-state index contributed by atoms with van der Waals surface area (Å²) in [6.07, 6.45) is 3.67. The number of nitriles is 1. The van der Waals surface area contributed by atoms with E-state index in [9.17, 15) is 19.6 Å². The Morgan fingerprint density at radius 2 is 2.06 bits per heavy atom. The maximum Gasteiger partial charge on any atom is 0.270 e. The van der Waals surface area contributed by atoms with E-state index in [1.807, 2.05) is 36.4 Å². The van der Waals surface area contributed by atoms with Crippen LogP contribution in [0.3, 0.4) is 0 Å². The first-order valence-corrected chi connectivity index (χ1v) is 11.1. The van der Waals surface area contributed by atoms with Crippen molar-refractivity contribution in [2.45, 2.75) is 32.7 Å². The number of thiazole rings is 1. The topological polar surface area (TPSA) is 107 Å². The van der Waals surface area contributed by atoms with E-state index in [0.29, 0.717) is 41.7 Å². The van der Waals surface area contributed by atoms with E-state index in [1.165, 1.54) is 4.57 Å². The van der Waals surface area contributed by atoms with E-state index in [4.69, 9.17) is 0 Å². The molecule has 1 aliphatic heterocycles. The van der Waals surface area contributed by atoms with Crippen molar-refractivity contribution in [3.63, 3.8) is 0 Å². The lowest BCUT2D eigenvalue weighted by atomic mass is 10.3. The molecule has 0 atom stereocenters. The molecule has 2 aromatic rings. The van der Waals surface area contributed by atoms with Gasteiger partial charge in [-0.3, -0.25) is 19.0 Å². The minimum absolute atomic E-state index is 0.0828. The number of anilines is 1. The van der Waals surface area contributed by atoms with Gasteiger partial charge in [-0.05, 0) is 31.9 Å². The molecule has 1 aromatic carbocycles. The van der Waals surface area contributed by atoms with Gasteiger partial charge in [-0.2, -0.15) is 5.26 Å². The fraction of sp³-hybridized carbons (Fsp3) is 0.364. The number of carbonyl (C=O) groups is 2. The van der Waals surface area contributed by atoms with E-state index >= 15 is 0 Å². The third kappa shape index (κ3) is 5.41. The van der Waals surface area contributed by atoms with Crippen LogP contribution in [0.25, 0.3) is 11.8 Å². The largest absolute Gasteiger partial charge is 0.360 e. The molecule has 2 N–H and O–H groups in total. The van der Waals surface area contributed by atoms with E-state index in [-0.39, 0.29) is 17.0 Å². The second-order valence-electron chi connectivity index (χ2n) is 7.06. The highest BCUT2D eigenvalue weighted by molar-refractivity contribution is 7.07. The van der Waals surface area contributed by atoms with Gasteiger partial charge in [0.15, 0.2) is 5.57 Å². The van der Waals surface area contributed by atoms with Crippen LogP contribution in [0.4, 0.5) is 5.69 Å². The molecule has 3 rings (SSSR count). The number of nitrogens with zero attached hydrogens (tertiary/aromatic N) is 3. The van der Waals surface area contributed by atoms with Gasteiger partial charge in [0.25, 0.3) is 11.5 Å². The molecule has 9 heteroatoms. The normalized spacial score (nSPS) is 15.0. The number of benzene rings is 1. The van der Waals surface area contributed by atoms with Crippen molar-refractivity contribution < 1.29 is 9.59 Å².